The molecular weight excluding hydrogens is 418 g/mol. The van der Waals surface area contributed by atoms with Crippen LogP contribution in [0.2, 0.25) is 0 Å². The van der Waals surface area contributed by atoms with Crippen molar-refractivity contribution in [2.24, 2.45) is 7.05 Å². The zero-order chi connectivity index (χ0) is 21.9. The lowest BCUT2D eigenvalue weighted by atomic mass is 10.1. The first-order valence-corrected chi connectivity index (χ1v) is 12.6. The molecule has 3 aromatic rings. The van der Waals surface area contributed by atoms with Crippen molar-refractivity contribution in [1.29, 1.82) is 0 Å². The van der Waals surface area contributed by atoms with E-state index in [4.69, 9.17) is 0 Å². The second kappa shape index (κ2) is 9.32. The molecule has 30 heavy (non-hydrogen) atoms. The van der Waals surface area contributed by atoms with Gasteiger partial charge in [-0.05, 0) is 42.1 Å². The molecule has 162 valence electrons. The lowest BCUT2D eigenvalue weighted by molar-refractivity contribution is 0.0927. The molecule has 0 saturated carbocycles. The summed E-state index contributed by atoms with van der Waals surface area (Å²) in [5, 5.41) is 5.89. The first-order chi connectivity index (χ1) is 14.3. The van der Waals surface area contributed by atoms with Gasteiger partial charge in [-0.1, -0.05) is 33.3 Å². The Kier molecular flexibility index (Phi) is 7.00. The van der Waals surface area contributed by atoms with Crippen LogP contribution in [-0.2, 0) is 17.1 Å². The van der Waals surface area contributed by atoms with Gasteiger partial charge in [-0.3, -0.25) is 4.79 Å². The Morgan fingerprint density at radius 1 is 1.17 bits per heavy atom. The maximum Gasteiger partial charge on any atom is 0.268 e. The Morgan fingerprint density at radius 3 is 2.50 bits per heavy atom. The summed E-state index contributed by atoms with van der Waals surface area (Å²) in [6, 6.07) is 10.8. The molecule has 0 spiro atoms. The van der Waals surface area contributed by atoms with Crippen LogP contribution in [0.5, 0.6) is 0 Å². The lowest BCUT2D eigenvalue weighted by Gasteiger charge is -2.18. The second-order valence-electron chi connectivity index (χ2n) is 7.23. The minimum atomic E-state index is -3.55. The van der Waals surface area contributed by atoms with Crippen molar-refractivity contribution in [1.82, 2.24) is 14.2 Å². The van der Waals surface area contributed by atoms with Gasteiger partial charge in [0.05, 0.1) is 10.9 Å². The van der Waals surface area contributed by atoms with Crippen molar-refractivity contribution in [3.63, 3.8) is 0 Å². The van der Waals surface area contributed by atoms with E-state index in [-0.39, 0.29) is 16.8 Å². The number of benzene rings is 1. The number of carbonyl (C=O) groups excluding carboxylic acids is 1. The van der Waals surface area contributed by atoms with Crippen molar-refractivity contribution < 1.29 is 13.2 Å². The van der Waals surface area contributed by atoms with E-state index < -0.39 is 10.0 Å². The Balaban J connectivity index is 1.94. The minimum absolute atomic E-state index is 0.0286. The number of amides is 1. The Hall–Kier alpha value is -2.16. The largest absolute Gasteiger partial charge is 0.343 e. The van der Waals surface area contributed by atoms with Gasteiger partial charge in [-0.15, -0.1) is 11.3 Å². The summed E-state index contributed by atoms with van der Waals surface area (Å²) in [5.74, 6) is -0.159. The van der Waals surface area contributed by atoms with E-state index in [2.05, 4.69) is 12.2 Å². The van der Waals surface area contributed by atoms with E-state index in [0.717, 1.165) is 28.6 Å². The van der Waals surface area contributed by atoms with Gasteiger partial charge in [-0.2, -0.15) is 4.31 Å². The Labute approximate surface area is 182 Å². The van der Waals surface area contributed by atoms with Gasteiger partial charge in [0, 0.05) is 35.9 Å². The number of thiophene rings is 1. The molecule has 2 aromatic heterocycles. The van der Waals surface area contributed by atoms with Crippen molar-refractivity contribution in [2.45, 2.75) is 44.6 Å². The highest BCUT2D eigenvalue weighted by Gasteiger charge is 2.24. The zero-order valence-corrected chi connectivity index (χ0v) is 19.5. The van der Waals surface area contributed by atoms with Gasteiger partial charge in [0.1, 0.15) is 5.69 Å². The van der Waals surface area contributed by atoms with Crippen LogP contribution in [0.25, 0.3) is 10.9 Å². The van der Waals surface area contributed by atoms with Crippen LogP contribution in [0.4, 0.5) is 0 Å². The van der Waals surface area contributed by atoms with Gasteiger partial charge >= 0.3 is 0 Å². The van der Waals surface area contributed by atoms with Crippen LogP contribution in [0, 0.1) is 0 Å². The topological polar surface area (TPSA) is 71.4 Å². The number of aryl methyl sites for hydroxylation is 1. The van der Waals surface area contributed by atoms with Crippen LogP contribution in [0.1, 0.15) is 55.0 Å². The Bertz CT molecular complexity index is 1110. The van der Waals surface area contributed by atoms with Crippen molar-refractivity contribution >= 4 is 38.2 Å². The summed E-state index contributed by atoms with van der Waals surface area (Å²) < 4.78 is 29.0. The number of hydrogen-bond donors (Lipinski definition) is 1. The predicted molar refractivity (Wildman–Crippen MR) is 122 cm³/mol. The monoisotopic (exact) mass is 447 g/mol. The van der Waals surface area contributed by atoms with Gasteiger partial charge in [0.15, 0.2) is 0 Å². The van der Waals surface area contributed by atoms with Gasteiger partial charge < -0.3 is 9.88 Å². The van der Waals surface area contributed by atoms with Crippen LogP contribution in [0.3, 0.4) is 0 Å². The van der Waals surface area contributed by atoms with Crippen LogP contribution < -0.4 is 5.32 Å². The van der Waals surface area contributed by atoms with Crippen molar-refractivity contribution in [2.75, 3.05) is 13.1 Å². The third-order valence-electron chi connectivity index (χ3n) is 5.36. The van der Waals surface area contributed by atoms with E-state index in [1.54, 1.807) is 35.6 Å². The quantitative estimate of drug-likeness (QED) is 0.523. The summed E-state index contributed by atoms with van der Waals surface area (Å²) in [6.07, 6.45) is 1.83. The highest BCUT2D eigenvalue weighted by atomic mass is 32.2. The maximum absolute atomic E-state index is 13.0. The number of fused-ring (bicyclic) bond motifs is 1. The minimum Gasteiger partial charge on any atom is -0.343 e. The molecule has 0 saturated heterocycles. The van der Waals surface area contributed by atoms with Crippen LogP contribution in [0.15, 0.2) is 46.7 Å². The SMILES string of the molecule is CCC[C@H](NC(=O)c1cc2cc(S(=O)(=O)N(CC)CC)ccc2n1C)c1cccs1. The molecule has 0 fully saturated rings. The number of hydrogen-bond acceptors (Lipinski definition) is 4. The number of aromatic nitrogens is 1. The predicted octanol–water partition coefficient (Wildman–Crippen LogP) is 4.54. The smallest absolute Gasteiger partial charge is 0.268 e. The summed E-state index contributed by atoms with van der Waals surface area (Å²) in [5.41, 5.74) is 1.34. The number of sulfonamides is 1. The van der Waals surface area contributed by atoms with E-state index in [9.17, 15) is 13.2 Å². The molecule has 8 heteroatoms. The summed E-state index contributed by atoms with van der Waals surface area (Å²) in [7, 11) is -1.72. The molecule has 3 rings (SSSR count). The number of nitrogens with zero attached hydrogens (tertiary/aromatic N) is 2. The zero-order valence-electron chi connectivity index (χ0n) is 17.9. The van der Waals surface area contributed by atoms with E-state index in [1.165, 1.54) is 4.31 Å². The van der Waals surface area contributed by atoms with Crippen molar-refractivity contribution in [3.8, 4) is 0 Å². The number of nitrogens with one attached hydrogen (secondary N) is 1. The van der Waals surface area contributed by atoms with Crippen LogP contribution in [-0.4, -0.2) is 36.3 Å². The molecule has 1 atom stereocenters. The van der Waals surface area contributed by atoms with E-state index >= 15 is 0 Å². The first-order valence-electron chi connectivity index (χ1n) is 10.3. The molecular formula is C22H29N3O3S2. The van der Waals surface area contributed by atoms with Gasteiger partial charge in [-0.25, -0.2) is 8.42 Å². The highest BCUT2D eigenvalue weighted by Crippen LogP contribution is 2.27. The van der Waals surface area contributed by atoms with Crippen LogP contribution >= 0.6 is 11.3 Å². The molecule has 1 N–H and O–H groups in total. The van der Waals surface area contributed by atoms with Gasteiger partial charge in [0.25, 0.3) is 5.91 Å². The second-order valence-corrected chi connectivity index (χ2v) is 10.1. The molecule has 0 aliphatic carbocycles. The summed E-state index contributed by atoms with van der Waals surface area (Å²) in [6.45, 7) is 6.58. The average molecular weight is 448 g/mol. The molecule has 6 nitrogen and oxygen atoms in total. The van der Waals surface area contributed by atoms with E-state index in [1.807, 2.05) is 43.0 Å². The molecule has 0 aliphatic heterocycles. The fraction of sp³-hybridized carbons (Fsp3) is 0.409. The average Bonchev–Trinajstić information content (AvgIpc) is 3.36. The molecule has 0 unspecified atom stereocenters. The molecule has 0 aliphatic rings. The number of carbonyl (C=O) groups is 1. The third kappa shape index (κ3) is 4.31. The summed E-state index contributed by atoms with van der Waals surface area (Å²) >= 11 is 1.64. The molecule has 0 radical (unpaired) electrons. The highest BCUT2D eigenvalue weighted by molar-refractivity contribution is 7.89. The Morgan fingerprint density at radius 2 is 1.90 bits per heavy atom. The number of rotatable bonds is 9. The first kappa shape index (κ1) is 22.5. The van der Waals surface area contributed by atoms with E-state index in [0.29, 0.717) is 18.8 Å². The van der Waals surface area contributed by atoms with Crippen molar-refractivity contribution in [3.05, 3.63) is 52.3 Å². The van der Waals surface area contributed by atoms with Gasteiger partial charge in [0.2, 0.25) is 10.0 Å². The third-order valence-corrected chi connectivity index (χ3v) is 8.39. The molecule has 1 amide bonds. The fourth-order valence-corrected chi connectivity index (χ4v) is 6.02. The maximum atomic E-state index is 13.0. The normalized spacial score (nSPS) is 13.1. The molecule has 0 bridgehead atoms. The molecule has 2 heterocycles. The standard InChI is InChI=1S/C22H29N3O3S2/c1-5-9-18(21-10-8-13-29-21)23-22(26)20-15-16-14-17(11-12-19(16)24(20)4)30(27,28)25(6-2)7-3/h8,10-15,18H,5-7,9H2,1-4H3,(H,23,26)/t18-/m0/s1. The lowest BCUT2D eigenvalue weighted by Crippen LogP contribution is -2.30. The summed E-state index contributed by atoms with van der Waals surface area (Å²) in [4.78, 5) is 14.4. The molecule has 1 aromatic carbocycles. The fourth-order valence-electron chi connectivity index (χ4n) is 3.71.